The molecule has 0 spiro atoms. The maximum absolute atomic E-state index is 12.6. The Morgan fingerprint density at radius 1 is 1.11 bits per heavy atom. The van der Waals surface area contributed by atoms with Crippen molar-refractivity contribution in [3.8, 4) is 0 Å². The molecule has 2 aromatic carbocycles. The zero-order valence-electron chi connectivity index (χ0n) is 15.7. The zero-order valence-corrected chi connectivity index (χ0v) is 15.7. The topological polar surface area (TPSA) is 101 Å². The minimum absolute atomic E-state index is 0.209. The predicted molar refractivity (Wildman–Crippen MR) is 107 cm³/mol. The van der Waals surface area contributed by atoms with E-state index in [0.717, 1.165) is 11.1 Å². The molecule has 1 aromatic heterocycles. The number of aromatic carboxylic acids is 1. The number of hydrogen-bond donors (Lipinski definition) is 2. The molecule has 1 heterocycles. The molecule has 1 atom stereocenters. The summed E-state index contributed by atoms with van der Waals surface area (Å²) < 4.78 is 0.884. The second-order valence-electron chi connectivity index (χ2n) is 6.64. The van der Waals surface area contributed by atoms with Crippen molar-refractivity contribution < 1.29 is 14.7 Å². The lowest BCUT2D eigenvalue weighted by atomic mass is 9.99. The Morgan fingerprint density at radius 3 is 2.36 bits per heavy atom. The van der Waals surface area contributed by atoms with Crippen LogP contribution in [0.1, 0.15) is 42.2 Å². The molecule has 0 aliphatic heterocycles. The van der Waals surface area contributed by atoms with Gasteiger partial charge in [0.15, 0.2) is 5.69 Å². The summed E-state index contributed by atoms with van der Waals surface area (Å²) >= 11 is 0. The first-order chi connectivity index (χ1) is 13.4. The van der Waals surface area contributed by atoms with E-state index in [1.165, 1.54) is 17.7 Å². The molecule has 0 bridgehead atoms. The van der Waals surface area contributed by atoms with Crippen LogP contribution in [0.2, 0.25) is 0 Å². The standard InChI is InChI=1S/C21H21N3O4/c1-3-13(2)14-8-10-15(11-9-14)22-18(25)12-24-20(26)17-7-5-4-6-16(17)19(23-24)21(27)28/h4-11,13H,3,12H2,1-2H3,(H,22,25)(H,27,28). The van der Waals surface area contributed by atoms with Gasteiger partial charge in [0.2, 0.25) is 5.91 Å². The molecule has 7 heteroatoms. The number of carbonyl (C=O) groups is 2. The van der Waals surface area contributed by atoms with Crippen molar-refractivity contribution in [3.05, 3.63) is 70.1 Å². The van der Waals surface area contributed by atoms with E-state index in [-0.39, 0.29) is 23.0 Å². The van der Waals surface area contributed by atoms with Gasteiger partial charge in [0, 0.05) is 11.1 Å². The van der Waals surface area contributed by atoms with Crippen LogP contribution in [0.4, 0.5) is 5.69 Å². The smallest absolute Gasteiger partial charge is 0.357 e. The minimum Gasteiger partial charge on any atom is -0.476 e. The number of nitrogens with zero attached hydrogens (tertiary/aromatic N) is 2. The summed E-state index contributed by atoms with van der Waals surface area (Å²) in [5.41, 5.74) is 1.01. The maximum Gasteiger partial charge on any atom is 0.357 e. The third kappa shape index (κ3) is 3.93. The van der Waals surface area contributed by atoms with E-state index >= 15 is 0 Å². The van der Waals surface area contributed by atoms with E-state index in [2.05, 4.69) is 24.3 Å². The summed E-state index contributed by atoms with van der Waals surface area (Å²) in [5, 5.41) is 16.4. The number of anilines is 1. The van der Waals surface area contributed by atoms with Crippen molar-refractivity contribution in [1.29, 1.82) is 0 Å². The van der Waals surface area contributed by atoms with Gasteiger partial charge in [0.05, 0.1) is 5.39 Å². The van der Waals surface area contributed by atoms with Crippen LogP contribution in [0.25, 0.3) is 10.8 Å². The van der Waals surface area contributed by atoms with Crippen LogP contribution >= 0.6 is 0 Å². The molecular formula is C21H21N3O4. The van der Waals surface area contributed by atoms with Gasteiger partial charge >= 0.3 is 5.97 Å². The Kier molecular flexibility index (Phi) is 5.54. The highest BCUT2D eigenvalue weighted by Gasteiger charge is 2.17. The molecule has 0 saturated carbocycles. The van der Waals surface area contributed by atoms with Crippen LogP contribution in [0.3, 0.4) is 0 Å². The van der Waals surface area contributed by atoms with Gasteiger partial charge in [0.1, 0.15) is 6.54 Å². The Bertz CT molecular complexity index is 1090. The Hall–Kier alpha value is -3.48. The third-order valence-electron chi connectivity index (χ3n) is 4.74. The Morgan fingerprint density at radius 2 is 1.75 bits per heavy atom. The molecule has 2 N–H and O–H groups in total. The highest BCUT2D eigenvalue weighted by atomic mass is 16.4. The number of amides is 1. The Labute approximate surface area is 161 Å². The van der Waals surface area contributed by atoms with Crippen molar-refractivity contribution in [3.63, 3.8) is 0 Å². The van der Waals surface area contributed by atoms with Crippen LogP contribution < -0.4 is 10.9 Å². The molecule has 1 amide bonds. The summed E-state index contributed by atoms with van der Waals surface area (Å²) in [6.07, 6.45) is 1.02. The van der Waals surface area contributed by atoms with Crippen LogP contribution in [0.15, 0.2) is 53.3 Å². The molecule has 3 aromatic rings. The van der Waals surface area contributed by atoms with Crippen molar-refractivity contribution in [1.82, 2.24) is 9.78 Å². The zero-order chi connectivity index (χ0) is 20.3. The first-order valence-corrected chi connectivity index (χ1v) is 9.03. The Balaban J connectivity index is 1.84. The molecule has 0 fully saturated rings. The molecule has 1 unspecified atom stereocenters. The van der Waals surface area contributed by atoms with Crippen molar-refractivity contribution in [2.75, 3.05) is 5.32 Å². The largest absolute Gasteiger partial charge is 0.476 e. The molecular weight excluding hydrogens is 358 g/mol. The fourth-order valence-electron chi connectivity index (χ4n) is 2.97. The van der Waals surface area contributed by atoms with Gasteiger partial charge in [-0.1, -0.05) is 44.2 Å². The molecule has 28 heavy (non-hydrogen) atoms. The summed E-state index contributed by atoms with van der Waals surface area (Å²) in [5.74, 6) is -1.29. The average Bonchev–Trinajstić information content (AvgIpc) is 2.70. The summed E-state index contributed by atoms with van der Waals surface area (Å²) in [6, 6.07) is 13.8. The van der Waals surface area contributed by atoms with Gasteiger partial charge < -0.3 is 10.4 Å². The normalized spacial score (nSPS) is 11.9. The van der Waals surface area contributed by atoms with Crippen molar-refractivity contribution >= 4 is 28.3 Å². The van der Waals surface area contributed by atoms with E-state index < -0.39 is 17.4 Å². The van der Waals surface area contributed by atoms with Gasteiger partial charge in [-0.05, 0) is 36.1 Å². The lowest BCUT2D eigenvalue weighted by Crippen LogP contribution is -2.31. The number of carboxylic acids is 1. The molecule has 0 aliphatic rings. The van der Waals surface area contributed by atoms with Crippen LogP contribution in [-0.2, 0) is 11.3 Å². The van der Waals surface area contributed by atoms with Gasteiger partial charge in [-0.3, -0.25) is 9.59 Å². The number of fused-ring (bicyclic) bond motifs is 1. The highest BCUT2D eigenvalue weighted by Crippen LogP contribution is 2.20. The number of rotatable bonds is 6. The van der Waals surface area contributed by atoms with E-state index in [1.807, 2.05) is 12.1 Å². The molecule has 7 nitrogen and oxygen atoms in total. The monoisotopic (exact) mass is 379 g/mol. The number of aromatic nitrogens is 2. The fourth-order valence-corrected chi connectivity index (χ4v) is 2.97. The number of nitrogens with one attached hydrogen (secondary N) is 1. The molecule has 0 saturated heterocycles. The SMILES string of the molecule is CCC(C)c1ccc(NC(=O)Cn2nc(C(=O)O)c3ccccc3c2=O)cc1. The predicted octanol–water partition coefficient (Wildman–Crippen LogP) is 3.25. The molecule has 144 valence electrons. The van der Waals surface area contributed by atoms with E-state index in [1.54, 1.807) is 24.3 Å². The quantitative estimate of drug-likeness (QED) is 0.685. The lowest BCUT2D eigenvalue weighted by Gasteiger charge is -2.11. The van der Waals surface area contributed by atoms with E-state index in [0.29, 0.717) is 11.6 Å². The fraction of sp³-hybridized carbons (Fsp3) is 0.238. The maximum atomic E-state index is 12.6. The van der Waals surface area contributed by atoms with Crippen LogP contribution in [0, 0.1) is 0 Å². The number of carbonyl (C=O) groups excluding carboxylic acids is 1. The van der Waals surface area contributed by atoms with E-state index in [9.17, 15) is 19.5 Å². The van der Waals surface area contributed by atoms with Gasteiger partial charge in [-0.2, -0.15) is 5.10 Å². The first-order valence-electron chi connectivity index (χ1n) is 9.03. The lowest BCUT2D eigenvalue weighted by molar-refractivity contribution is -0.117. The first kappa shape index (κ1) is 19.3. The van der Waals surface area contributed by atoms with Crippen LogP contribution in [-0.4, -0.2) is 26.8 Å². The average molecular weight is 379 g/mol. The number of benzene rings is 2. The second-order valence-corrected chi connectivity index (χ2v) is 6.64. The second kappa shape index (κ2) is 8.04. The molecule has 0 radical (unpaired) electrons. The van der Waals surface area contributed by atoms with Gasteiger partial charge in [-0.25, -0.2) is 9.48 Å². The van der Waals surface area contributed by atoms with Crippen molar-refractivity contribution in [2.45, 2.75) is 32.7 Å². The van der Waals surface area contributed by atoms with Gasteiger partial charge in [0.25, 0.3) is 5.56 Å². The van der Waals surface area contributed by atoms with Crippen LogP contribution in [0.5, 0.6) is 0 Å². The highest BCUT2D eigenvalue weighted by molar-refractivity contribution is 6.01. The summed E-state index contributed by atoms with van der Waals surface area (Å²) in [7, 11) is 0. The third-order valence-corrected chi connectivity index (χ3v) is 4.74. The summed E-state index contributed by atoms with van der Waals surface area (Å²) in [6.45, 7) is 3.86. The minimum atomic E-state index is -1.26. The number of carboxylic acid groups (broad SMARTS) is 1. The van der Waals surface area contributed by atoms with E-state index in [4.69, 9.17) is 0 Å². The van der Waals surface area contributed by atoms with Crippen molar-refractivity contribution in [2.24, 2.45) is 0 Å². The molecule has 0 aliphatic carbocycles. The molecule has 3 rings (SSSR count). The summed E-state index contributed by atoms with van der Waals surface area (Å²) in [4.78, 5) is 36.4. The number of hydrogen-bond acceptors (Lipinski definition) is 4. The van der Waals surface area contributed by atoms with Gasteiger partial charge in [-0.15, -0.1) is 0 Å².